The second kappa shape index (κ2) is 6.12. The number of nitrogens with zero attached hydrogens (tertiary/aromatic N) is 2. The Labute approximate surface area is 153 Å². The van der Waals surface area contributed by atoms with Gasteiger partial charge in [0.25, 0.3) is 0 Å². The molecular formula is C18H13ClF2N2OS. The average Bonchev–Trinajstić information content (AvgIpc) is 3.14. The molecule has 1 aromatic heterocycles. The van der Waals surface area contributed by atoms with Crippen LogP contribution >= 0.6 is 24.2 Å². The zero-order valence-corrected chi connectivity index (χ0v) is 14.5. The van der Waals surface area contributed by atoms with E-state index in [-0.39, 0.29) is 12.1 Å². The first kappa shape index (κ1) is 16.6. The van der Waals surface area contributed by atoms with Crippen molar-refractivity contribution in [2.45, 2.75) is 23.3 Å². The molecule has 0 bridgehead atoms. The number of epoxide rings is 1. The van der Waals surface area contributed by atoms with Crippen LogP contribution in [0.15, 0.2) is 59.8 Å². The van der Waals surface area contributed by atoms with Crippen LogP contribution in [0, 0.1) is 11.6 Å². The number of halogens is 3. The summed E-state index contributed by atoms with van der Waals surface area (Å²) >= 11 is 10.6. The number of hydrogen-bond acceptors (Lipinski definition) is 3. The molecule has 0 saturated carbocycles. The third-order valence-electron chi connectivity index (χ3n) is 4.35. The van der Waals surface area contributed by atoms with Crippen LogP contribution in [-0.4, -0.2) is 9.78 Å². The maximum absolute atomic E-state index is 14.5. The van der Waals surface area contributed by atoms with Gasteiger partial charge < -0.3 is 4.74 Å². The fourth-order valence-corrected chi connectivity index (χ4v) is 3.52. The summed E-state index contributed by atoms with van der Waals surface area (Å²) in [6.07, 6.45) is 1.14. The Morgan fingerprint density at radius 3 is 2.68 bits per heavy atom. The lowest BCUT2D eigenvalue weighted by atomic mass is 9.91. The summed E-state index contributed by atoms with van der Waals surface area (Å²) in [7, 11) is 0. The van der Waals surface area contributed by atoms with Gasteiger partial charge in [-0.05, 0) is 18.2 Å². The van der Waals surface area contributed by atoms with Crippen molar-refractivity contribution in [1.29, 1.82) is 0 Å². The Bertz CT molecular complexity index is 948. The smallest absolute Gasteiger partial charge is 0.147 e. The van der Waals surface area contributed by atoms with E-state index in [2.05, 4.69) is 17.7 Å². The maximum Gasteiger partial charge on any atom is 0.147 e. The van der Waals surface area contributed by atoms with E-state index in [9.17, 15) is 8.78 Å². The molecule has 25 heavy (non-hydrogen) atoms. The summed E-state index contributed by atoms with van der Waals surface area (Å²) in [5, 5.41) is 5.35. The second-order valence-corrected chi connectivity index (χ2v) is 6.75. The van der Waals surface area contributed by atoms with Crippen molar-refractivity contribution in [3.63, 3.8) is 0 Å². The SMILES string of the molecule is Fc1ccc([C@@]2(Cn3nccc3S)O[C@H]2c2ccccc2Cl)c(F)c1. The molecule has 2 atom stereocenters. The van der Waals surface area contributed by atoms with Gasteiger partial charge in [0, 0.05) is 22.2 Å². The number of rotatable bonds is 4. The summed E-state index contributed by atoms with van der Waals surface area (Å²) in [4.78, 5) is 0. The lowest BCUT2D eigenvalue weighted by Gasteiger charge is -2.16. The molecule has 1 saturated heterocycles. The van der Waals surface area contributed by atoms with Crippen molar-refractivity contribution in [2.75, 3.05) is 0 Å². The maximum atomic E-state index is 14.5. The van der Waals surface area contributed by atoms with Crippen molar-refractivity contribution >= 4 is 24.2 Å². The molecule has 0 aliphatic carbocycles. The summed E-state index contributed by atoms with van der Waals surface area (Å²) in [5.74, 6) is -1.30. The van der Waals surface area contributed by atoms with Crippen molar-refractivity contribution in [2.24, 2.45) is 0 Å². The van der Waals surface area contributed by atoms with Gasteiger partial charge >= 0.3 is 0 Å². The molecule has 2 heterocycles. The molecule has 1 aliphatic rings. The van der Waals surface area contributed by atoms with Crippen molar-refractivity contribution in [3.8, 4) is 0 Å². The van der Waals surface area contributed by atoms with E-state index in [0.29, 0.717) is 10.0 Å². The number of benzene rings is 2. The van der Waals surface area contributed by atoms with Crippen LogP contribution in [0.3, 0.4) is 0 Å². The van der Waals surface area contributed by atoms with Gasteiger partial charge in [0.15, 0.2) is 0 Å². The summed E-state index contributed by atoms with van der Waals surface area (Å²) < 4.78 is 35.4. The van der Waals surface area contributed by atoms with Gasteiger partial charge in [0.05, 0.1) is 17.8 Å². The van der Waals surface area contributed by atoms with Crippen LogP contribution in [0.4, 0.5) is 8.78 Å². The highest BCUT2D eigenvalue weighted by Gasteiger charge is 2.60. The minimum Gasteiger partial charge on any atom is -0.354 e. The first-order chi connectivity index (χ1) is 12.0. The van der Waals surface area contributed by atoms with Gasteiger partial charge in [0.2, 0.25) is 0 Å². The largest absolute Gasteiger partial charge is 0.354 e. The first-order valence-corrected chi connectivity index (χ1v) is 8.42. The average molecular weight is 379 g/mol. The molecule has 7 heteroatoms. The molecule has 0 spiro atoms. The van der Waals surface area contributed by atoms with Gasteiger partial charge in [0.1, 0.15) is 23.3 Å². The third kappa shape index (κ3) is 2.84. The van der Waals surface area contributed by atoms with Gasteiger partial charge in [-0.15, -0.1) is 12.6 Å². The Morgan fingerprint density at radius 2 is 2.00 bits per heavy atom. The normalized spacial score (nSPS) is 22.2. The number of thiol groups is 1. The molecule has 0 radical (unpaired) electrons. The van der Waals surface area contributed by atoms with Crippen LogP contribution in [-0.2, 0) is 16.9 Å². The third-order valence-corrected chi connectivity index (χ3v) is 5.07. The van der Waals surface area contributed by atoms with E-state index in [1.807, 2.05) is 18.2 Å². The molecule has 4 rings (SSSR count). The molecule has 3 aromatic rings. The highest BCUT2D eigenvalue weighted by molar-refractivity contribution is 7.80. The summed E-state index contributed by atoms with van der Waals surface area (Å²) in [6.45, 7) is 0.233. The lowest BCUT2D eigenvalue weighted by molar-refractivity contribution is 0.251. The van der Waals surface area contributed by atoms with Gasteiger partial charge in [-0.1, -0.05) is 35.9 Å². The highest BCUT2D eigenvalue weighted by atomic mass is 35.5. The van der Waals surface area contributed by atoms with Crippen LogP contribution in [0.2, 0.25) is 5.02 Å². The quantitative estimate of drug-likeness (QED) is 0.523. The van der Waals surface area contributed by atoms with E-state index in [4.69, 9.17) is 16.3 Å². The molecule has 0 N–H and O–H groups in total. The molecule has 128 valence electrons. The Morgan fingerprint density at radius 1 is 1.20 bits per heavy atom. The van der Waals surface area contributed by atoms with E-state index in [1.165, 1.54) is 12.1 Å². The van der Waals surface area contributed by atoms with Gasteiger partial charge in [-0.25, -0.2) is 8.78 Å². The minimum atomic E-state index is -1.02. The Kier molecular flexibility index (Phi) is 4.06. The lowest BCUT2D eigenvalue weighted by Crippen LogP contribution is -2.21. The van der Waals surface area contributed by atoms with Crippen molar-refractivity contribution in [1.82, 2.24) is 9.78 Å². The van der Waals surface area contributed by atoms with Crippen LogP contribution in [0.25, 0.3) is 0 Å². The molecule has 1 fully saturated rings. The van der Waals surface area contributed by atoms with Crippen molar-refractivity contribution < 1.29 is 13.5 Å². The Hall–Kier alpha value is -1.89. The second-order valence-electron chi connectivity index (χ2n) is 5.88. The van der Waals surface area contributed by atoms with E-state index < -0.39 is 23.3 Å². The molecular weight excluding hydrogens is 366 g/mol. The fourth-order valence-electron chi connectivity index (χ4n) is 3.09. The molecule has 2 aromatic carbocycles. The van der Waals surface area contributed by atoms with E-state index in [1.54, 1.807) is 23.0 Å². The number of ether oxygens (including phenoxy) is 1. The van der Waals surface area contributed by atoms with Crippen LogP contribution in [0.1, 0.15) is 17.2 Å². The highest BCUT2D eigenvalue weighted by Crippen LogP contribution is 2.59. The summed E-state index contributed by atoms with van der Waals surface area (Å²) in [6, 6.07) is 12.4. The van der Waals surface area contributed by atoms with E-state index >= 15 is 0 Å². The minimum absolute atomic E-state index is 0.233. The van der Waals surface area contributed by atoms with Gasteiger partial charge in [-0.3, -0.25) is 4.68 Å². The fraction of sp³-hybridized carbons (Fsp3) is 0.167. The monoisotopic (exact) mass is 378 g/mol. The van der Waals surface area contributed by atoms with Crippen LogP contribution in [0.5, 0.6) is 0 Å². The number of aromatic nitrogens is 2. The molecule has 3 nitrogen and oxygen atoms in total. The molecule has 0 amide bonds. The molecule has 0 unspecified atom stereocenters. The van der Waals surface area contributed by atoms with E-state index in [0.717, 1.165) is 11.6 Å². The summed E-state index contributed by atoms with van der Waals surface area (Å²) in [5.41, 5.74) is -0.00506. The predicted molar refractivity (Wildman–Crippen MR) is 92.8 cm³/mol. The zero-order chi connectivity index (χ0) is 17.6. The standard InChI is InChI=1S/C18H13ClF2N2OS/c19-14-4-2-1-3-12(14)17-18(24-17,10-23-16(25)7-8-22-23)13-6-5-11(20)9-15(13)21/h1-9,17,25H,10H2/t17-,18+/m0/s1. The van der Waals surface area contributed by atoms with Gasteiger partial charge in [-0.2, -0.15) is 5.10 Å². The predicted octanol–water partition coefficient (Wildman–Crippen LogP) is 4.77. The first-order valence-electron chi connectivity index (χ1n) is 7.60. The number of hydrogen-bond donors (Lipinski definition) is 1. The van der Waals surface area contributed by atoms with Crippen LogP contribution < -0.4 is 0 Å². The topological polar surface area (TPSA) is 30.4 Å². The zero-order valence-electron chi connectivity index (χ0n) is 12.9. The Balaban J connectivity index is 1.80. The van der Waals surface area contributed by atoms with Crippen molar-refractivity contribution in [3.05, 3.63) is 82.5 Å². The molecule has 1 aliphatic heterocycles.